The lowest BCUT2D eigenvalue weighted by molar-refractivity contribution is -0.0817. The van der Waals surface area contributed by atoms with Crippen LogP contribution in [0.3, 0.4) is 0 Å². The molecule has 3 fully saturated rings. The number of benzene rings is 1. The first kappa shape index (κ1) is 22.6. The van der Waals surface area contributed by atoms with E-state index in [2.05, 4.69) is 52.4 Å². The molecule has 6 nitrogen and oxygen atoms in total. The zero-order valence-corrected chi connectivity index (χ0v) is 19.8. The third kappa shape index (κ3) is 5.98. The van der Waals surface area contributed by atoms with Crippen molar-refractivity contribution in [3.8, 4) is 0 Å². The summed E-state index contributed by atoms with van der Waals surface area (Å²) in [7, 11) is 0. The Balaban J connectivity index is 0.00000240. The van der Waals surface area contributed by atoms with Crippen molar-refractivity contribution in [1.29, 1.82) is 0 Å². The summed E-state index contributed by atoms with van der Waals surface area (Å²) in [6.45, 7) is 9.52. The van der Waals surface area contributed by atoms with Crippen molar-refractivity contribution in [2.24, 2.45) is 10.9 Å². The lowest BCUT2D eigenvalue weighted by atomic mass is 10.1. The first-order valence-electron chi connectivity index (χ1n) is 10.9. The Bertz CT molecular complexity index is 639. The predicted molar refractivity (Wildman–Crippen MR) is 128 cm³/mol. The predicted octanol–water partition coefficient (Wildman–Crippen LogP) is 2.98. The van der Waals surface area contributed by atoms with Crippen LogP contribution in [0.1, 0.15) is 26.2 Å². The molecule has 3 aliphatic rings. The van der Waals surface area contributed by atoms with Crippen LogP contribution in [0.25, 0.3) is 0 Å². The molecule has 0 saturated carbocycles. The largest absolute Gasteiger partial charge is 0.375 e. The van der Waals surface area contributed by atoms with Crippen LogP contribution in [0.5, 0.6) is 0 Å². The number of para-hydroxylation sites is 1. The molecule has 1 aromatic carbocycles. The van der Waals surface area contributed by atoms with Gasteiger partial charge in [0.2, 0.25) is 0 Å². The minimum atomic E-state index is 0. The first-order chi connectivity index (χ1) is 13.8. The SMILES string of the molecule is CCNC(=NCC1CCN(c2ccccc2)C1)N1CCOC(C2CCCO2)C1.I. The summed E-state index contributed by atoms with van der Waals surface area (Å²) in [6, 6.07) is 10.7. The molecule has 0 aromatic heterocycles. The van der Waals surface area contributed by atoms with Crippen LogP contribution < -0.4 is 10.2 Å². The van der Waals surface area contributed by atoms with E-state index in [0.717, 1.165) is 71.3 Å². The van der Waals surface area contributed by atoms with Gasteiger partial charge in [0, 0.05) is 51.6 Å². The van der Waals surface area contributed by atoms with E-state index in [4.69, 9.17) is 14.5 Å². The van der Waals surface area contributed by atoms with Gasteiger partial charge < -0.3 is 24.6 Å². The second-order valence-corrected chi connectivity index (χ2v) is 8.04. The fraction of sp³-hybridized carbons (Fsp3) is 0.682. The highest BCUT2D eigenvalue weighted by Crippen LogP contribution is 2.24. The summed E-state index contributed by atoms with van der Waals surface area (Å²) in [5.41, 5.74) is 1.33. The average molecular weight is 514 g/mol. The number of hydrogen-bond acceptors (Lipinski definition) is 4. The number of nitrogens with one attached hydrogen (secondary N) is 1. The van der Waals surface area contributed by atoms with Gasteiger partial charge in [-0.3, -0.25) is 4.99 Å². The van der Waals surface area contributed by atoms with Gasteiger partial charge in [-0.2, -0.15) is 0 Å². The van der Waals surface area contributed by atoms with Crippen LogP contribution >= 0.6 is 24.0 Å². The Labute approximate surface area is 192 Å². The monoisotopic (exact) mass is 514 g/mol. The Morgan fingerprint density at radius 2 is 1.90 bits per heavy atom. The fourth-order valence-corrected chi connectivity index (χ4v) is 4.48. The number of hydrogen-bond donors (Lipinski definition) is 1. The van der Waals surface area contributed by atoms with Gasteiger partial charge in [-0.1, -0.05) is 18.2 Å². The molecule has 3 unspecified atom stereocenters. The minimum Gasteiger partial charge on any atom is -0.375 e. The fourth-order valence-electron chi connectivity index (χ4n) is 4.48. The number of halogens is 1. The number of anilines is 1. The maximum Gasteiger partial charge on any atom is 0.194 e. The first-order valence-corrected chi connectivity index (χ1v) is 10.9. The van der Waals surface area contributed by atoms with Gasteiger partial charge >= 0.3 is 0 Å². The summed E-state index contributed by atoms with van der Waals surface area (Å²) in [5.74, 6) is 1.65. The highest BCUT2D eigenvalue weighted by Gasteiger charge is 2.32. The van der Waals surface area contributed by atoms with Crippen LogP contribution in [-0.2, 0) is 9.47 Å². The number of guanidine groups is 1. The van der Waals surface area contributed by atoms with Crippen molar-refractivity contribution in [3.05, 3.63) is 30.3 Å². The van der Waals surface area contributed by atoms with Crippen molar-refractivity contribution in [2.45, 2.75) is 38.4 Å². The van der Waals surface area contributed by atoms with Gasteiger partial charge in [0.05, 0.1) is 12.7 Å². The highest BCUT2D eigenvalue weighted by atomic mass is 127. The molecule has 0 spiro atoms. The molecule has 7 heteroatoms. The molecule has 3 saturated heterocycles. The van der Waals surface area contributed by atoms with Crippen molar-refractivity contribution in [3.63, 3.8) is 0 Å². The molecule has 1 aromatic rings. The molecule has 1 N–H and O–H groups in total. The maximum atomic E-state index is 6.01. The second kappa shape index (κ2) is 11.4. The van der Waals surface area contributed by atoms with E-state index >= 15 is 0 Å². The van der Waals surface area contributed by atoms with Crippen LogP contribution in [0.2, 0.25) is 0 Å². The normalized spacial score (nSPS) is 27.8. The zero-order valence-electron chi connectivity index (χ0n) is 17.5. The second-order valence-electron chi connectivity index (χ2n) is 8.04. The van der Waals surface area contributed by atoms with E-state index in [1.165, 1.54) is 12.1 Å². The maximum absolute atomic E-state index is 6.01. The summed E-state index contributed by atoms with van der Waals surface area (Å²) < 4.78 is 11.9. The van der Waals surface area contributed by atoms with Crippen LogP contribution in [0.15, 0.2) is 35.3 Å². The van der Waals surface area contributed by atoms with E-state index in [-0.39, 0.29) is 36.2 Å². The lowest BCUT2D eigenvalue weighted by Gasteiger charge is -2.37. The van der Waals surface area contributed by atoms with Gasteiger partial charge in [0.1, 0.15) is 6.10 Å². The molecule has 3 heterocycles. The molecule has 162 valence electrons. The van der Waals surface area contributed by atoms with Crippen LogP contribution in [0, 0.1) is 5.92 Å². The van der Waals surface area contributed by atoms with Crippen molar-refractivity contribution in [1.82, 2.24) is 10.2 Å². The quantitative estimate of drug-likeness (QED) is 0.372. The summed E-state index contributed by atoms with van der Waals surface area (Å²) in [5, 5.41) is 3.50. The number of ether oxygens (including phenoxy) is 2. The molecule has 4 rings (SSSR count). The average Bonchev–Trinajstić information content (AvgIpc) is 3.44. The third-order valence-electron chi connectivity index (χ3n) is 6.01. The Hall–Kier alpha value is -1.06. The van der Waals surface area contributed by atoms with E-state index in [1.807, 2.05) is 0 Å². The zero-order chi connectivity index (χ0) is 19.2. The summed E-state index contributed by atoms with van der Waals surface area (Å²) in [4.78, 5) is 9.86. The third-order valence-corrected chi connectivity index (χ3v) is 6.01. The smallest absolute Gasteiger partial charge is 0.194 e. The molecular formula is C22H35IN4O2. The molecule has 0 radical (unpaired) electrons. The molecule has 3 atom stereocenters. The van der Waals surface area contributed by atoms with E-state index in [0.29, 0.717) is 5.92 Å². The van der Waals surface area contributed by atoms with E-state index in [9.17, 15) is 0 Å². The van der Waals surface area contributed by atoms with Crippen molar-refractivity contribution >= 4 is 35.6 Å². The Morgan fingerprint density at radius 1 is 1.07 bits per heavy atom. The lowest BCUT2D eigenvalue weighted by Crippen LogP contribution is -2.53. The molecule has 3 aliphatic heterocycles. The molecule has 29 heavy (non-hydrogen) atoms. The summed E-state index contributed by atoms with van der Waals surface area (Å²) >= 11 is 0. The Kier molecular flexibility index (Phi) is 8.86. The van der Waals surface area contributed by atoms with Crippen molar-refractivity contribution < 1.29 is 9.47 Å². The van der Waals surface area contributed by atoms with Gasteiger partial charge in [-0.05, 0) is 44.2 Å². The summed E-state index contributed by atoms with van der Waals surface area (Å²) in [6.07, 6.45) is 3.89. The van der Waals surface area contributed by atoms with Gasteiger partial charge in [-0.15, -0.1) is 24.0 Å². The molecule has 0 aliphatic carbocycles. The standard InChI is InChI=1S/C22H34N4O2.HI/c1-2-23-22(26-12-14-28-21(17-26)20-9-6-13-27-20)24-15-18-10-11-25(16-18)19-7-4-3-5-8-19;/h3-5,7-8,18,20-21H,2,6,9-17H2,1H3,(H,23,24);1H. The highest BCUT2D eigenvalue weighted by molar-refractivity contribution is 14.0. The van der Waals surface area contributed by atoms with Crippen LogP contribution in [0.4, 0.5) is 5.69 Å². The number of aliphatic imine (C=N–C) groups is 1. The molecular weight excluding hydrogens is 479 g/mol. The minimum absolute atomic E-state index is 0. The van der Waals surface area contributed by atoms with Crippen molar-refractivity contribution in [2.75, 3.05) is 57.4 Å². The number of morpholine rings is 1. The number of rotatable bonds is 5. The molecule has 0 bridgehead atoms. The van der Waals surface area contributed by atoms with Gasteiger partial charge in [-0.25, -0.2) is 0 Å². The van der Waals surface area contributed by atoms with Crippen LogP contribution in [-0.4, -0.2) is 75.5 Å². The van der Waals surface area contributed by atoms with E-state index in [1.54, 1.807) is 0 Å². The van der Waals surface area contributed by atoms with Gasteiger partial charge in [0.15, 0.2) is 5.96 Å². The Morgan fingerprint density at radius 3 is 2.66 bits per heavy atom. The topological polar surface area (TPSA) is 49.3 Å². The molecule has 0 amide bonds. The van der Waals surface area contributed by atoms with E-state index < -0.39 is 0 Å². The number of nitrogens with zero attached hydrogens (tertiary/aromatic N) is 3. The van der Waals surface area contributed by atoms with Gasteiger partial charge in [0.25, 0.3) is 0 Å².